The van der Waals surface area contributed by atoms with Crippen molar-refractivity contribution in [3.05, 3.63) is 29.8 Å². The first-order chi connectivity index (χ1) is 11.2. The average molecular weight is 318 g/mol. The molecule has 0 aliphatic carbocycles. The minimum atomic E-state index is 0.00185. The third-order valence-electron chi connectivity index (χ3n) is 4.24. The number of ketones is 1. The van der Waals surface area contributed by atoms with E-state index < -0.39 is 0 Å². The Bertz CT molecular complexity index is 522. The first kappa shape index (κ1) is 17.5. The van der Waals surface area contributed by atoms with Crippen LogP contribution in [0.2, 0.25) is 0 Å². The quantitative estimate of drug-likeness (QED) is 0.747. The second-order valence-electron chi connectivity index (χ2n) is 5.89. The summed E-state index contributed by atoms with van der Waals surface area (Å²) in [5.41, 5.74) is 0.628. The Labute approximate surface area is 138 Å². The van der Waals surface area contributed by atoms with Crippen molar-refractivity contribution in [3.8, 4) is 5.75 Å². The number of carbonyl (C=O) groups excluding carboxylic acids is 2. The lowest BCUT2D eigenvalue weighted by molar-refractivity contribution is -0.133. The van der Waals surface area contributed by atoms with Gasteiger partial charge in [0.1, 0.15) is 5.75 Å². The smallest absolute Gasteiger partial charge is 0.223 e. The van der Waals surface area contributed by atoms with Gasteiger partial charge in [-0.1, -0.05) is 6.92 Å². The van der Waals surface area contributed by atoms with Gasteiger partial charge < -0.3 is 15.0 Å². The van der Waals surface area contributed by atoms with Crippen molar-refractivity contribution in [2.24, 2.45) is 0 Å². The normalized spacial score (nSPS) is 17.0. The maximum Gasteiger partial charge on any atom is 0.223 e. The number of benzene rings is 1. The fourth-order valence-electron chi connectivity index (χ4n) is 2.94. The van der Waals surface area contributed by atoms with Crippen LogP contribution in [0, 0.1) is 0 Å². The van der Waals surface area contributed by atoms with E-state index in [9.17, 15) is 9.59 Å². The lowest BCUT2D eigenvalue weighted by Gasteiger charge is -2.28. The zero-order valence-corrected chi connectivity index (χ0v) is 14.0. The molecular weight excluding hydrogens is 292 g/mol. The highest BCUT2D eigenvalue weighted by Crippen LogP contribution is 2.15. The minimum absolute atomic E-state index is 0.00185. The van der Waals surface area contributed by atoms with Crippen molar-refractivity contribution in [2.45, 2.75) is 38.6 Å². The first-order valence-corrected chi connectivity index (χ1v) is 8.33. The molecule has 0 saturated carbocycles. The number of hydrogen-bond acceptors (Lipinski definition) is 4. The van der Waals surface area contributed by atoms with Crippen LogP contribution in [0.15, 0.2) is 24.3 Å². The fraction of sp³-hybridized carbons (Fsp3) is 0.556. The molecule has 5 heteroatoms. The molecule has 1 aromatic carbocycles. The van der Waals surface area contributed by atoms with Gasteiger partial charge in [-0.3, -0.25) is 9.59 Å². The fourth-order valence-corrected chi connectivity index (χ4v) is 2.94. The molecule has 1 aliphatic heterocycles. The monoisotopic (exact) mass is 318 g/mol. The summed E-state index contributed by atoms with van der Waals surface area (Å²) in [5, 5.41) is 3.29. The van der Waals surface area contributed by atoms with Crippen molar-refractivity contribution in [1.82, 2.24) is 10.2 Å². The van der Waals surface area contributed by atoms with Crippen molar-refractivity contribution in [1.29, 1.82) is 0 Å². The molecule has 23 heavy (non-hydrogen) atoms. The predicted octanol–water partition coefficient (Wildman–Crippen LogP) is 2.26. The van der Waals surface area contributed by atoms with Crippen LogP contribution in [-0.2, 0) is 4.79 Å². The Morgan fingerprint density at radius 1 is 1.26 bits per heavy atom. The number of hydrogen-bond donors (Lipinski definition) is 1. The molecule has 2 rings (SSSR count). The SMILES string of the molecule is CCCN(C(=O)CCC(=O)c1ccc(OC)cc1)C1CCNC1. The number of ether oxygens (including phenoxy) is 1. The molecular formula is C18H26N2O3. The van der Waals surface area contributed by atoms with E-state index in [1.165, 1.54) is 0 Å². The highest BCUT2D eigenvalue weighted by molar-refractivity contribution is 5.98. The molecule has 1 heterocycles. The Hall–Kier alpha value is -1.88. The molecule has 1 N–H and O–H groups in total. The topological polar surface area (TPSA) is 58.6 Å². The van der Waals surface area contributed by atoms with Gasteiger partial charge in [0, 0.05) is 37.5 Å². The van der Waals surface area contributed by atoms with Gasteiger partial charge in [-0.15, -0.1) is 0 Å². The maximum absolute atomic E-state index is 12.5. The molecule has 0 spiro atoms. The second kappa shape index (κ2) is 8.67. The Kier molecular flexibility index (Phi) is 6.59. The Morgan fingerprint density at radius 3 is 2.57 bits per heavy atom. The molecule has 1 aromatic rings. The molecule has 1 atom stereocenters. The van der Waals surface area contributed by atoms with Crippen LogP contribution >= 0.6 is 0 Å². The first-order valence-electron chi connectivity index (χ1n) is 8.33. The van der Waals surface area contributed by atoms with E-state index in [1.807, 2.05) is 4.90 Å². The summed E-state index contributed by atoms with van der Waals surface area (Å²) in [7, 11) is 1.59. The number of rotatable bonds is 8. The van der Waals surface area contributed by atoms with E-state index in [1.54, 1.807) is 31.4 Å². The number of Topliss-reactive ketones (excluding diaryl/α,β-unsaturated/α-hetero) is 1. The van der Waals surface area contributed by atoms with Crippen molar-refractivity contribution in [3.63, 3.8) is 0 Å². The van der Waals surface area contributed by atoms with Crippen LogP contribution in [0.1, 0.15) is 43.0 Å². The molecule has 126 valence electrons. The van der Waals surface area contributed by atoms with Crippen LogP contribution in [0.4, 0.5) is 0 Å². The lowest BCUT2D eigenvalue weighted by atomic mass is 10.1. The van der Waals surface area contributed by atoms with E-state index in [0.717, 1.165) is 38.2 Å². The molecule has 1 amide bonds. The van der Waals surface area contributed by atoms with Crippen LogP contribution < -0.4 is 10.1 Å². The highest BCUT2D eigenvalue weighted by atomic mass is 16.5. The highest BCUT2D eigenvalue weighted by Gasteiger charge is 2.25. The van der Waals surface area contributed by atoms with Gasteiger partial charge in [0.15, 0.2) is 5.78 Å². The van der Waals surface area contributed by atoms with Gasteiger partial charge in [0.25, 0.3) is 0 Å². The van der Waals surface area contributed by atoms with Gasteiger partial charge in [-0.2, -0.15) is 0 Å². The van der Waals surface area contributed by atoms with E-state index in [4.69, 9.17) is 4.74 Å². The van der Waals surface area contributed by atoms with Crippen LogP contribution in [-0.4, -0.2) is 49.4 Å². The predicted molar refractivity (Wildman–Crippen MR) is 89.8 cm³/mol. The molecule has 0 bridgehead atoms. The molecule has 5 nitrogen and oxygen atoms in total. The van der Waals surface area contributed by atoms with Crippen molar-refractivity contribution < 1.29 is 14.3 Å². The molecule has 0 radical (unpaired) electrons. The Balaban J connectivity index is 1.89. The summed E-state index contributed by atoms with van der Waals surface area (Å²) in [4.78, 5) is 26.7. The summed E-state index contributed by atoms with van der Waals surface area (Å²) in [6.45, 7) is 4.66. The van der Waals surface area contributed by atoms with Crippen molar-refractivity contribution in [2.75, 3.05) is 26.7 Å². The zero-order valence-electron chi connectivity index (χ0n) is 14.0. The number of nitrogens with zero attached hydrogens (tertiary/aromatic N) is 1. The average Bonchev–Trinajstić information content (AvgIpc) is 3.11. The second-order valence-corrected chi connectivity index (χ2v) is 5.89. The largest absolute Gasteiger partial charge is 0.497 e. The standard InChI is InChI=1S/C18H26N2O3/c1-3-12-20(15-10-11-19-13-15)18(22)9-8-17(21)14-4-6-16(23-2)7-5-14/h4-7,15,19H,3,8-13H2,1-2H3. The summed E-state index contributed by atoms with van der Waals surface area (Å²) in [5.74, 6) is 0.810. The van der Waals surface area contributed by atoms with Gasteiger partial charge in [-0.05, 0) is 43.7 Å². The summed E-state index contributed by atoms with van der Waals surface area (Å²) >= 11 is 0. The zero-order chi connectivity index (χ0) is 16.7. The third-order valence-corrected chi connectivity index (χ3v) is 4.24. The van der Waals surface area contributed by atoms with E-state index in [2.05, 4.69) is 12.2 Å². The van der Waals surface area contributed by atoms with Gasteiger partial charge in [-0.25, -0.2) is 0 Å². The number of methoxy groups -OCH3 is 1. The molecule has 1 aliphatic rings. The molecule has 1 unspecified atom stereocenters. The summed E-state index contributed by atoms with van der Waals surface area (Å²) < 4.78 is 5.08. The summed E-state index contributed by atoms with van der Waals surface area (Å²) in [6, 6.07) is 7.30. The molecule has 1 saturated heterocycles. The van der Waals surface area contributed by atoms with Crippen LogP contribution in [0.5, 0.6) is 5.75 Å². The van der Waals surface area contributed by atoms with Crippen LogP contribution in [0.25, 0.3) is 0 Å². The van der Waals surface area contributed by atoms with E-state index >= 15 is 0 Å². The van der Waals surface area contributed by atoms with E-state index in [0.29, 0.717) is 5.56 Å². The number of nitrogens with one attached hydrogen (secondary N) is 1. The molecule has 1 fully saturated rings. The lowest BCUT2D eigenvalue weighted by Crippen LogP contribution is -2.42. The minimum Gasteiger partial charge on any atom is -0.497 e. The van der Waals surface area contributed by atoms with E-state index in [-0.39, 0.29) is 30.6 Å². The van der Waals surface area contributed by atoms with Gasteiger partial charge >= 0.3 is 0 Å². The van der Waals surface area contributed by atoms with Crippen molar-refractivity contribution >= 4 is 11.7 Å². The molecule has 0 aromatic heterocycles. The summed E-state index contributed by atoms with van der Waals surface area (Å²) in [6.07, 6.45) is 2.47. The number of amides is 1. The third kappa shape index (κ3) is 4.79. The maximum atomic E-state index is 12.5. The Morgan fingerprint density at radius 2 is 2.00 bits per heavy atom. The van der Waals surface area contributed by atoms with Gasteiger partial charge in [0.2, 0.25) is 5.91 Å². The van der Waals surface area contributed by atoms with Crippen LogP contribution in [0.3, 0.4) is 0 Å². The van der Waals surface area contributed by atoms with Gasteiger partial charge in [0.05, 0.1) is 7.11 Å². The number of carbonyl (C=O) groups is 2.